The lowest BCUT2D eigenvalue weighted by molar-refractivity contribution is 0.181. The summed E-state index contributed by atoms with van der Waals surface area (Å²) < 4.78 is 0. The van der Waals surface area contributed by atoms with Gasteiger partial charge in [0.05, 0.1) is 0 Å². The summed E-state index contributed by atoms with van der Waals surface area (Å²) in [7, 11) is -1.47. The zero-order chi connectivity index (χ0) is 13.9. The van der Waals surface area contributed by atoms with Crippen molar-refractivity contribution in [3.63, 3.8) is 0 Å². The average molecular weight is 270 g/mol. The number of hydrogen-bond acceptors (Lipinski definition) is 0. The highest BCUT2D eigenvalue weighted by atomic mass is 28.3. The van der Waals surface area contributed by atoms with Crippen LogP contribution in [0.25, 0.3) is 0 Å². The lowest BCUT2D eigenvalue weighted by Gasteiger charge is -2.35. The molecule has 0 unspecified atom stereocenters. The Balaban J connectivity index is 2.06. The Labute approximate surface area is 118 Å². The summed E-state index contributed by atoms with van der Waals surface area (Å²) in [5.41, 5.74) is 0.896. The van der Waals surface area contributed by atoms with Gasteiger partial charge in [0.25, 0.3) is 0 Å². The van der Waals surface area contributed by atoms with Gasteiger partial charge in [-0.3, -0.25) is 0 Å². The van der Waals surface area contributed by atoms with Gasteiger partial charge in [-0.15, -0.1) is 0 Å². The number of benzene rings is 1. The third-order valence-electron chi connectivity index (χ3n) is 6.36. The van der Waals surface area contributed by atoms with Crippen LogP contribution in [-0.2, 0) is 0 Å². The number of allylic oxidation sites excluding steroid dienone is 2. The summed E-state index contributed by atoms with van der Waals surface area (Å²) >= 11 is 0. The van der Waals surface area contributed by atoms with Crippen molar-refractivity contribution in [1.82, 2.24) is 0 Å². The highest BCUT2D eigenvalue weighted by Gasteiger charge is 2.58. The van der Waals surface area contributed by atoms with E-state index < -0.39 is 8.07 Å². The largest absolute Gasteiger partial charge is 0.107 e. The first-order valence-electron chi connectivity index (χ1n) is 7.58. The summed E-state index contributed by atoms with van der Waals surface area (Å²) in [5, 5.41) is 3.41. The van der Waals surface area contributed by atoms with Crippen LogP contribution in [0.3, 0.4) is 0 Å². The van der Waals surface area contributed by atoms with Crippen LogP contribution in [0.4, 0.5) is 0 Å². The molecule has 2 aliphatic rings. The number of fused-ring (bicyclic) bond motifs is 2. The molecule has 1 heteroatoms. The Morgan fingerprint density at radius 2 is 1.68 bits per heavy atom. The molecule has 1 aromatic rings. The van der Waals surface area contributed by atoms with Gasteiger partial charge >= 0.3 is 0 Å². The van der Waals surface area contributed by atoms with Crippen molar-refractivity contribution < 1.29 is 0 Å². The molecule has 1 saturated carbocycles. The summed E-state index contributed by atoms with van der Waals surface area (Å²) in [6.07, 6.45) is 5.46. The summed E-state index contributed by atoms with van der Waals surface area (Å²) in [6, 6.07) is 11.2. The zero-order valence-corrected chi connectivity index (χ0v) is 14.0. The van der Waals surface area contributed by atoms with Gasteiger partial charge in [-0.2, -0.15) is 0 Å². The molecule has 1 fully saturated rings. The zero-order valence-electron chi connectivity index (χ0n) is 13.0. The molecule has 3 rings (SSSR count). The predicted molar refractivity (Wildman–Crippen MR) is 86.3 cm³/mol. The van der Waals surface area contributed by atoms with E-state index in [1.54, 1.807) is 5.19 Å². The maximum atomic E-state index is 2.68. The van der Waals surface area contributed by atoms with Gasteiger partial charge in [-0.25, -0.2) is 0 Å². The Bertz CT molecular complexity index is 524. The van der Waals surface area contributed by atoms with Crippen LogP contribution >= 0.6 is 0 Å². The third kappa shape index (κ3) is 1.64. The molecule has 1 aromatic carbocycles. The number of rotatable bonds is 2. The Morgan fingerprint density at radius 1 is 1.05 bits per heavy atom. The molecule has 102 valence electrons. The average Bonchev–Trinajstić information content (AvgIpc) is 2.72. The topological polar surface area (TPSA) is 0 Å². The van der Waals surface area contributed by atoms with Gasteiger partial charge in [0.15, 0.2) is 0 Å². The lowest BCUT2D eigenvalue weighted by Crippen LogP contribution is -2.46. The van der Waals surface area contributed by atoms with Crippen LogP contribution in [-0.4, -0.2) is 8.07 Å². The first kappa shape index (κ1) is 13.2. The first-order valence-corrected chi connectivity index (χ1v) is 10.6. The predicted octanol–water partition coefficient (Wildman–Crippen LogP) is 4.52. The molecule has 0 spiro atoms. The van der Waals surface area contributed by atoms with E-state index in [0.29, 0.717) is 10.8 Å². The Hall–Kier alpha value is -0.823. The van der Waals surface area contributed by atoms with Crippen molar-refractivity contribution in [2.45, 2.75) is 46.7 Å². The minimum absolute atomic E-state index is 0.437. The van der Waals surface area contributed by atoms with E-state index in [-0.39, 0.29) is 0 Å². The number of hydrogen-bond donors (Lipinski definition) is 0. The third-order valence-corrected chi connectivity index (χ3v) is 10.1. The molecular formula is C18H26Si. The minimum atomic E-state index is -1.47. The van der Waals surface area contributed by atoms with Gasteiger partial charge < -0.3 is 0 Å². The second-order valence-corrected chi connectivity index (χ2v) is 12.2. The molecule has 0 saturated heterocycles. The lowest BCUT2D eigenvalue weighted by atomic mass is 9.71. The van der Waals surface area contributed by atoms with Crippen LogP contribution in [0.1, 0.15) is 33.6 Å². The molecule has 2 atom stereocenters. The van der Waals surface area contributed by atoms with E-state index in [1.807, 2.05) is 5.20 Å². The SMILES string of the molecule is CC1(C)[C@H]2CC[C@]1(C)C=C2[Si](C)(C)c1ccccc1. The maximum Gasteiger partial charge on any atom is 0.107 e. The fraction of sp³-hybridized carbons (Fsp3) is 0.556. The van der Waals surface area contributed by atoms with Crippen molar-refractivity contribution in [3.05, 3.63) is 41.6 Å². The van der Waals surface area contributed by atoms with Gasteiger partial charge in [0.1, 0.15) is 8.07 Å². The normalized spacial score (nSPS) is 32.5. The van der Waals surface area contributed by atoms with Gasteiger partial charge in [0.2, 0.25) is 0 Å². The molecule has 0 N–H and O–H groups in total. The molecule has 0 aromatic heterocycles. The standard InChI is InChI=1S/C18H26Si/c1-17(2)15-11-12-18(17,3)13-16(15)19(4,5)14-9-7-6-8-10-14/h6-10,13,15H,11-12H2,1-5H3/t15-,18+/m0/s1. The van der Waals surface area contributed by atoms with E-state index in [1.165, 1.54) is 12.8 Å². The smallest absolute Gasteiger partial charge is 0.0820 e. The molecule has 19 heavy (non-hydrogen) atoms. The van der Waals surface area contributed by atoms with Crippen molar-refractivity contribution in [3.8, 4) is 0 Å². The van der Waals surface area contributed by atoms with Gasteiger partial charge in [-0.05, 0) is 29.6 Å². The van der Waals surface area contributed by atoms with E-state index in [4.69, 9.17) is 0 Å². The van der Waals surface area contributed by atoms with Crippen LogP contribution in [0.2, 0.25) is 13.1 Å². The molecular weight excluding hydrogens is 244 g/mol. The molecule has 0 radical (unpaired) electrons. The molecule has 0 amide bonds. The maximum absolute atomic E-state index is 2.68. The summed E-state index contributed by atoms with van der Waals surface area (Å²) in [6.45, 7) is 12.5. The van der Waals surface area contributed by atoms with Crippen molar-refractivity contribution in [2.75, 3.05) is 0 Å². The van der Waals surface area contributed by atoms with Crippen molar-refractivity contribution in [2.24, 2.45) is 16.7 Å². The highest BCUT2D eigenvalue weighted by Crippen LogP contribution is 2.65. The second-order valence-electron chi connectivity index (χ2n) is 7.82. The molecule has 2 bridgehead atoms. The van der Waals surface area contributed by atoms with Crippen LogP contribution < -0.4 is 5.19 Å². The van der Waals surface area contributed by atoms with Crippen LogP contribution in [0.15, 0.2) is 41.6 Å². The molecule has 0 nitrogen and oxygen atoms in total. The summed E-state index contributed by atoms with van der Waals surface area (Å²) in [5.74, 6) is 0.819. The Morgan fingerprint density at radius 3 is 2.16 bits per heavy atom. The van der Waals surface area contributed by atoms with Gasteiger partial charge in [-0.1, -0.05) is 80.7 Å². The summed E-state index contributed by atoms with van der Waals surface area (Å²) in [4.78, 5) is 0. The van der Waals surface area contributed by atoms with E-state index in [0.717, 1.165) is 5.92 Å². The quantitative estimate of drug-likeness (QED) is 0.693. The van der Waals surface area contributed by atoms with Crippen molar-refractivity contribution in [1.29, 1.82) is 0 Å². The van der Waals surface area contributed by atoms with Crippen molar-refractivity contribution >= 4 is 13.3 Å². The Kier molecular flexibility index (Phi) is 2.67. The highest BCUT2D eigenvalue weighted by molar-refractivity contribution is 6.95. The van der Waals surface area contributed by atoms with Gasteiger partial charge in [0, 0.05) is 0 Å². The molecule has 2 aliphatic carbocycles. The fourth-order valence-corrected chi connectivity index (χ4v) is 7.82. The monoisotopic (exact) mass is 270 g/mol. The van der Waals surface area contributed by atoms with Crippen LogP contribution in [0, 0.1) is 16.7 Å². The molecule has 0 heterocycles. The van der Waals surface area contributed by atoms with E-state index in [2.05, 4.69) is 70.3 Å². The minimum Gasteiger partial charge on any atom is -0.0820 e. The van der Waals surface area contributed by atoms with E-state index >= 15 is 0 Å². The second kappa shape index (κ2) is 3.85. The van der Waals surface area contributed by atoms with Crippen LogP contribution in [0.5, 0.6) is 0 Å². The fourth-order valence-electron chi connectivity index (χ4n) is 4.41. The van der Waals surface area contributed by atoms with E-state index in [9.17, 15) is 0 Å². The molecule has 0 aliphatic heterocycles. The first-order chi connectivity index (χ1) is 8.79.